The monoisotopic (exact) mass is 276 g/mol. The van der Waals surface area contributed by atoms with Crippen LogP contribution in [-0.2, 0) is 4.74 Å². The van der Waals surface area contributed by atoms with E-state index in [-0.39, 0.29) is 0 Å². The van der Waals surface area contributed by atoms with E-state index >= 15 is 0 Å². The number of aromatic nitrogens is 1. The van der Waals surface area contributed by atoms with Crippen molar-refractivity contribution in [1.82, 2.24) is 9.88 Å². The Hall–Kier alpha value is -1.13. The van der Waals surface area contributed by atoms with Crippen molar-refractivity contribution in [2.75, 3.05) is 26.2 Å². The molecule has 0 bridgehead atoms. The van der Waals surface area contributed by atoms with Gasteiger partial charge < -0.3 is 14.4 Å². The molecule has 20 heavy (non-hydrogen) atoms. The second-order valence-corrected chi connectivity index (χ2v) is 5.79. The number of hydrogen-bond acceptors (Lipinski definition) is 4. The Morgan fingerprint density at radius 3 is 2.65 bits per heavy atom. The smallest absolute Gasteiger partial charge is 0.122 e. The van der Waals surface area contributed by atoms with Crippen molar-refractivity contribution in [3.8, 4) is 5.75 Å². The molecule has 1 aromatic heterocycles. The molecular formula is C16H24N2O2. The van der Waals surface area contributed by atoms with Crippen LogP contribution in [0.25, 0.3) is 0 Å². The Labute approximate surface area is 121 Å². The minimum absolute atomic E-state index is 0.348. The highest BCUT2D eigenvalue weighted by molar-refractivity contribution is 5.17. The standard InChI is InChI=1S/C16H24N2O2/c1-2-12-19-16(3-1)13-18-10-6-15(7-11-18)20-14-4-8-17-9-5-14/h4-5,8-9,15-16H,1-3,6-7,10-13H2. The Balaban J connectivity index is 1.40. The Morgan fingerprint density at radius 2 is 1.95 bits per heavy atom. The molecule has 0 spiro atoms. The summed E-state index contributed by atoms with van der Waals surface area (Å²) in [7, 11) is 0. The van der Waals surface area contributed by atoms with Crippen LogP contribution in [-0.4, -0.2) is 48.3 Å². The first kappa shape index (κ1) is 13.8. The van der Waals surface area contributed by atoms with E-state index in [1.165, 1.54) is 19.3 Å². The largest absolute Gasteiger partial charge is 0.490 e. The minimum Gasteiger partial charge on any atom is -0.490 e. The van der Waals surface area contributed by atoms with E-state index in [4.69, 9.17) is 9.47 Å². The van der Waals surface area contributed by atoms with Crippen LogP contribution >= 0.6 is 0 Å². The van der Waals surface area contributed by atoms with Gasteiger partial charge >= 0.3 is 0 Å². The second kappa shape index (κ2) is 7.04. The normalized spacial score (nSPS) is 25.5. The fraction of sp³-hybridized carbons (Fsp3) is 0.688. The average Bonchev–Trinajstić information content (AvgIpc) is 2.51. The number of hydrogen-bond donors (Lipinski definition) is 0. The van der Waals surface area contributed by atoms with Crippen molar-refractivity contribution in [3.05, 3.63) is 24.5 Å². The van der Waals surface area contributed by atoms with Crippen LogP contribution in [0.2, 0.25) is 0 Å². The summed E-state index contributed by atoms with van der Waals surface area (Å²) in [6.07, 6.45) is 10.4. The number of nitrogens with zero attached hydrogens (tertiary/aromatic N) is 2. The molecule has 4 nitrogen and oxygen atoms in total. The summed E-state index contributed by atoms with van der Waals surface area (Å²) >= 11 is 0. The van der Waals surface area contributed by atoms with E-state index in [0.29, 0.717) is 12.2 Å². The van der Waals surface area contributed by atoms with Crippen molar-refractivity contribution in [1.29, 1.82) is 0 Å². The van der Waals surface area contributed by atoms with Crippen LogP contribution in [0, 0.1) is 0 Å². The third-order valence-electron chi connectivity index (χ3n) is 4.22. The van der Waals surface area contributed by atoms with Gasteiger partial charge in [0.05, 0.1) is 6.10 Å². The molecule has 110 valence electrons. The lowest BCUT2D eigenvalue weighted by molar-refractivity contribution is -0.0154. The van der Waals surface area contributed by atoms with E-state index in [9.17, 15) is 0 Å². The zero-order chi connectivity index (χ0) is 13.6. The van der Waals surface area contributed by atoms with Crippen LogP contribution in [0.15, 0.2) is 24.5 Å². The number of likely N-dealkylation sites (tertiary alicyclic amines) is 1. The van der Waals surface area contributed by atoms with E-state index in [0.717, 1.165) is 44.8 Å². The molecule has 1 unspecified atom stereocenters. The molecule has 3 rings (SSSR count). The van der Waals surface area contributed by atoms with Gasteiger partial charge in [0, 0.05) is 38.6 Å². The van der Waals surface area contributed by atoms with Gasteiger partial charge in [-0.25, -0.2) is 0 Å². The molecule has 2 aliphatic rings. The second-order valence-electron chi connectivity index (χ2n) is 5.79. The molecule has 0 N–H and O–H groups in total. The van der Waals surface area contributed by atoms with Crippen molar-refractivity contribution in [2.24, 2.45) is 0 Å². The zero-order valence-electron chi connectivity index (χ0n) is 12.0. The van der Waals surface area contributed by atoms with E-state index in [1.54, 1.807) is 12.4 Å². The first-order valence-corrected chi connectivity index (χ1v) is 7.81. The molecule has 4 heteroatoms. The van der Waals surface area contributed by atoms with Gasteiger partial charge in [0.2, 0.25) is 0 Å². The predicted octanol–water partition coefficient (Wildman–Crippen LogP) is 2.49. The van der Waals surface area contributed by atoms with Crippen LogP contribution in [0.3, 0.4) is 0 Å². The first-order valence-electron chi connectivity index (χ1n) is 7.81. The van der Waals surface area contributed by atoms with E-state index in [1.807, 2.05) is 12.1 Å². The fourth-order valence-electron chi connectivity index (χ4n) is 3.06. The zero-order valence-corrected chi connectivity index (χ0v) is 12.0. The van der Waals surface area contributed by atoms with Crippen molar-refractivity contribution in [3.63, 3.8) is 0 Å². The third kappa shape index (κ3) is 3.93. The molecule has 0 amide bonds. The third-order valence-corrected chi connectivity index (χ3v) is 4.22. The van der Waals surface area contributed by atoms with Crippen molar-refractivity contribution >= 4 is 0 Å². The van der Waals surface area contributed by atoms with Crippen LogP contribution in [0.5, 0.6) is 5.75 Å². The summed E-state index contributed by atoms with van der Waals surface area (Å²) in [4.78, 5) is 6.54. The van der Waals surface area contributed by atoms with Gasteiger partial charge in [0.1, 0.15) is 11.9 Å². The number of pyridine rings is 1. The molecule has 1 atom stereocenters. The van der Waals surface area contributed by atoms with Gasteiger partial charge in [-0.3, -0.25) is 4.98 Å². The SMILES string of the molecule is c1cc(OC2CCN(CC3CCCCO3)CC2)ccn1. The van der Waals surface area contributed by atoms with Gasteiger partial charge in [0.25, 0.3) is 0 Å². The van der Waals surface area contributed by atoms with Crippen LogP contribution < -0.4 is 4.74 Å². The lowest BCUT2D eigenvalue weighted by Crippen LogP contribution is -2.43. The first-order chi connectivity index (χ1) is 9.90. The number of rotatable bonds is 4. The summed E-state index contributed by atoms with van der Waals surface area (Å²) in [5.74, 6) is 0.939. The lowest BCUT2D eigenvalue weighted by Gasteiger charge is -2.35. The summed E-state index contributed by atoms with van der Waals surface area (Å²) in [5, 5.41) is 0. The van der Waals surface area contributed by atoms with Gasteiger partial charge in [0.15, 0.2) is 0 Å². The fourth-order valence-corrected chi connectivity index (χ4v) is 3.06. The average molecular weight is 276 g/mol. The minimum atomic E-state index is 0.348. The number of ether oxygens (including phenoxy) is 2. The van der Waals surface area contributed by atoms with Crippen molar-refractivity contribution < 1.29 is 9.47 Å². The molecule has 1 aromatic rings. The molecule has 0 radical (unpaired) electrons. The Kier molecular flexibility index (Phi) is 4.87. The lowest BCUT2D eigenvalue weighted by atomic mass is 10.0. The van der Waals surface area contributed by atoms with Crippen LogP contribution in [0.1, 0.15) is 32.1 Å². The van der Waals surface area contributed by atoms with E-state index < -0.39 is 0 Å². The summed E-state index contributed by atoms with van der Waals surface area (Å²) < 4.78 is 11.8. The maximum Gasteiger partial charge on any atom is 0.122 e. The Morgan fingerprint density at radius 1 is 1.15 bits per heavy atom. The molecule has 0 saturated carbocycles. The highest BCUT2D eigenvalue weighted by Crippen LogP contribution is 2.20. The molecule has 0 aromatic carbocycles. The highest BCUT2D eigenvalue weighted by atomic mass is 16.5. The molecule has 2 saturated heterocycles. The molecule has 3 heterocycles. The maximum absolute atomic E-state index is 6.00. The highest BCUT2D eigenvalue weighted by Gasteiger charge is 2.23. The van der Waals surface area contributed by atoms with Gasteiger partial charge in [-0.1, -0.05) is 0 Å². The molecule has 2 fully saturated rings. The molecule has 0 aliphatic carbocycles. The maximum atomic E-state index is 6.00. The summed E-state index contributed by atoms with van der Waals surface area (Å²) in [5.41, 5.74) is 0. The van der Waals surface area contributed by atoms with E-state index in [2.05, 4.69) is 9.88 Å². The predicted molar refractivity (Wildman–Crippen MR) is 77.9 cm³/mol. The van der Waals surface area contributed by atoms with Gasteiger partial charge in [-0.05, 0) is 44.2 Å². The number of piperidine rings is 1. The van der Waals surface area contributed by atoms with Gasteiger partial charge in [-0.2, -0.15) is 0 Å². The summed E-state index contributed by atoms with van der Waals surface area (Å²) in [6, 6.07) is 3.87. The van der Waals surface area contributed by atoms with Crippen molar-refractivity contribution in [2.45, 2.75) is 44.3 Å². The summed E-state index contributed by atoms with van der Waals surface area (Å²) in [6.45, 7) is 4.29. The topological polar surface area (TPSA) is 34.6 Å². The Bertz CT molecular complexity index is 385. The molecular weight excluding hydrogens is 252 g/mol. The van der Waals surface area contributed by atoms with Crippen LogP contribution in [0.4, 0.5) is 0 Å². The van der Waals surface area contributed by atoms with Gasteiger partial charge in [-0.15, -0.1) is 0 Å². The quantitative estimate of drug-likeness (QED) is 0.846. The molecule has 2 aliphatic heterocycles.